The van der Waals surface area contributed by atoms with E-state index in [0.717, 1.165) is 12.8 Å². The van der Waals surface area contributed by atoms with Crippen LogP contribution < -0.4 is 0 Å². The Morgan fingerprint density at radius 1 is 1.00 bits per heavy atom. The molecule has 2 saturated heterocycles. The first-order valence-electron chi connectivity index (χ1n) is 13.3. The van der Waals surface area contributed by atoms with Crippen molar-refractivity contribution in [3.05, 3.63) is 11.6 Å². The van der Waals surface area contributed by atoms with Crippen LogP contribution in [-0.2, 0) is 42.9 Å². The molecule has 9 nitrogen and oxygen atoms in total. The van der Waals surface area contributed by atoms with Crippen LogP contribution in [0.1, 0.15) is 73.1 Å². The first-order chi connectivity index (χ1) is 17.3. The third-order valence-electron chi connectivity index (χ3n) is 10.3. The number of rotatable bonds is 6. The Bertz CT molecular complexity index is 1070. The highest BCUT2D eigenvalue weighted by Crippen LogP contribution is 2.74. The van der Waals surface area contributed by atoms with Crippen molar-refractivity contribution in [1.29, 1.82) is 0 Å². The zero-order valence-corrected chi connectivity index (χ0v) is 22.6. The van der Waals surface area contributed by atoms with E-state index in [1.807, 2.05) is 6.08 Å². The van der Waals surface area contributed by atoms with Gasteiger partial charge in [0.2, 0.25) is 0 Å². The number of fused-ring (bicyclic) bond motifs is 3. The largest absolute Gasteiger partial charge is 0.465 e. The molecule has 6 aliphatic rings. The maximum atomic E-state index is 12.9. The third kappa shape index (κ3) is 3.56. The highest BCUT2D eigenvalue weighted by Gasteiger charge is 2.80. The maximum Gasteiger partial charge on any atom is 0.303 e. The Hall–Kier alpha value is -2.26. The fourth-order valence-electron chi connectivity index (χ4n) is 9.06. The molecule has 6 rings (SSSR count). The smallest absolute Gasteiger partial charge is 0.303 e. The summed E-state index contributed by atoms with van der Waals surface area (Å²) in [7, 11) is 1.65. The summed E-state index contributed by atoms with van der Waals surface area (Å²) in [5.74, 6) is -2.77. The van der Waals surface area contributed by atoms with Crippen LogP contribution in [0.3, 0.4) is 0 Å². The molecule has 3 saturated carbocycles. The van der Waals surface area contributed by atoms with Gasteiger partial charge >= 0.3 is 17.9 Å². The van der Waals surface area contributed by atoms with Gasteiger partial charge in [-0.15, -0.1) is 0 Å². The normalized spacial score (nSPS) is 45.2. The van der Waals surface area contributed by atoms with E-state index in [4.69, 9.17) is 23.7 Å². The van der Waals surface area contributed by atoms with Gasteiger partial charge in [0.05, 0.1) is 0 Å². The summed E-state index contributed by atoms with van der Waals surface area (Å²) < 4.78 is 30.9. The predicted octanol–water partition coefficient (Wildman–Crippen LogP) is 3.28. The fourth-order valence-corrected chi connectivity index (χ4v) is 9.06. The van der Waals surface area contributed by atoms with E-state index in [-0.39, 0.29) is 36.1 Å². The molecule has 2 aliphatic heterocycles. The van der Waals surface area contributed by atoms with Crippen molar-refractivity contribution in [2.75, 3.05) is 13.7 Å². The number of hydrogen-bond donors (Lipinski definition) is 0. The van der Waals surface area contributed by atoms with Gasteiger partial charge in [0.25, 0.3) is 0 Å². The number of methoxy groups -OCH3 is 1. The lowest BCUT2D eigenvalue weighted by Crippen LogP contribution is -2.82. The summed E-state index contributed by atoms with van der Waals surface area (Å²) in [6.45, 7) is 7.80. The van der Waals surface area contributed by atoms with Gasteiger partial charge in [-0.25, -0.2) is 0 Å². The molecular formula is C28H38O9. The minimum absolute atomic E-state index is 0.0227. The van der Waals surface area contributed by atoms with Crippen molar-refractivity contribution in [1.82, 2.24) is 0 Å². The third-order valence-corrected chi connectivity index (χ3v) is 10.3. The maximum absolute atomic E-state index is 12.9. The zero-order chi connectivity index (χ0) is 27.0. The Labute approximate surface area is 217 Å². The number of ketones is 1. The minimum Gasteiger partial charge on any atom is -0.465 e. The predicted molar refractivity (Wildman–Crippen MR) is 129 cm³/mol. The Morgan fingerprint density at radius 2 is 1.70 bits per heavy atom. The van der Waals surface area contributed by atoms with E-state index in [2.05, 4.69) is 6.92 Å². The molecule has 0 aromatic heterocycles. The van der Waals surface area contributed by atoms with Gasteiger partial charge in [-0.1, -0.05) is 13.0 Å². The van der Waals surface area contributed by atoms with Crippen LogP contribution in [0.4, 0.5) is 0 Å². The number of carbonyl (C=O) groups is 4. The quantitative estimate of drug-likeness (QED) is 0.386. The number of esters is 3. The molecule has 0 amide bonds. The standard InChI is InChI=1S/C28H38O9/c1-15(29)20-7-8-21-24-22(35-17(3)31)11-19-12-27(33-6)10-9-25(19,5)28(24,37-27)23(36-18(4)32)13-26(20,21)14-34-16(2)30/h7,19,21-24H,8-14H2,1-6H3. The average Bonchev–Trinajstić information content (AvgIpc) is 3.17. The average molecular weight is 519 g/mol. The van der Waals surface area contributed by atoms with E-state index in [1.165, 1.54) is 27.7 Å². The Kier molecular flexibility index (Phi) is 6.15. The van der Waals surface area contributed by atoms with E-state index in [9.17, 15) is 19.2 Å². The molecular weight excluding hydrogens is 480 g/mol. The Morgan fingerprint density at radius 3 is 2.30 bits per heavy atom. The number of hydrogen-bond acceptors (Lipinski definition) is 9. The van der Waals surface area contributed by atoms with Gasteiger partial charge in [0.15, 0.2) is 11.6 Å². The van der Waals surface area contributed by atoms with Gasteiger partial charge in [-0.2, -0.15) is 0 Å². The Balaban J connectivity index is 1.74. The van der Waals surface area contributed by atoms with Gasteiger partial charge in [-0.3, -0.25) is 19.2 Å². The number of ether oxygens (including phenoxy) is 5. The highest BCUT2D eigenvalue weighted by molar-refractivity contribution is 5.95. The minimum atomic E-state index is -1.00. The molecule has 0 aromatic rings. The second kappa shape index (κ2) is 8.63. The van der Waals surface area contributed by atoms with Crippen LogP contribution in [0.25, 0.3) is 0 Å². The van der Waals surface area contributed by atoms with Crippen molar-refractivity contribution < 1.29 is 42.9 Å². The lowest BCUT2D eigenvalue weighted by Gasteiger charge is -2.75. The number of allylic oxidation sites excluding steroid dienone is 1. The molecule has 0 N–H and O–H groups in total. The van der Waals surface area contributed by atoms with Crippen molar-refractivity contribution in [3.8, 4) is 0 Å². The summed E-state index contributed by atoms with van der Waals surface area (Å²) >= 11 is 0. The molecule has 5 fully saturated rings. The first kappa shape index (κ1) is 26.4. The van der Waals surface area contributed by atoms with Gasteiger partial charge in [0, 0.05) is 69.5 Å². The molecule has 9 unspecified atom stereocenters. The SMILES string of the molecule is COC12CCC3(C)C(CC(OC(C)=O)C4C5CC=C(C(C)=O)C5(COC(C)=O)CC(OC(C)=O)C43O1)C2. The fraction of sp³-hybridized carbons (Fsp3) is 0.786. The van der Waals surface area contributed by atoms with Crippen molar-refractivity contribution >= 4 is 23.7 Å². The molecule has 9 heteroatoms. The molecule has 4 bridgehead atoms. The lowest BCUT2D eigenvalue weighted by atomic mass is 9.38. The van der Waals surface area contributed by atoms with Gasteiger partial charge < -0.3 is 23.7 Å². The van der Waals surface area contributed by atoms with Crippen LogP contribution in [0.15, 0.2) is 11.6 Å². The first-order valence-corrected chi connectivity index (χ1v) is 13.3. The summed E-state index contributed by atoms with van der Waals surface area (Å²) in [5.41, 5.74) is -1.70. The summed E-state index contributed by atoms with van der Waals surface area (Å²) in [6, 6.07) is 0. The molecule has 0 aromatic carbocycles. The van der Waals surface area contributed by atoms with E-state index in [1.54, 1.807) is 7.11 Å². The summed E-state index contributed by atoms with van der Waals surface area (Å²) in [4.78, 5) is 49.9. The van der Waals surface area contributed by atoms with E-state index in [0.29, 0.717) is 24.8 Å². The molecule has 9 atom stereocenters. The molecule has 1 spiro atoms. The van der Waals surface area contributed by atoms with Crippen molar-refractivity contribution in [2.24, 2.45) is 28.6 Å². The van der Waals surface area contributed by atoms with Crippen molar-refractivity contribution in [2.45, 2.75) is 96.7 Å². The van der Waals surface area contributed by atoms with Crippen molar-refractivity contribution in [3.63, 3.8) is 0 Å². The second-order valence-corrected chi connectivity index (χ2v) is 12.0. The zero-order valence-electron chi connectivity index (χ0n) is 22.6. The summed E-state index contributed by atoms with van der Waals surface area (Å²) in [5, 5.41) is 0. The van der Waals surface area contributed by atoms with E-state index < -0.39 is 52.8 Å². The topological polar surface area (TPSA) is 114 Å². The molecule has 0 radical (unpaired) electrons. The van der Waals surface area contributed by atoms with Crippen LogP contribution in [-0.4, -0.2) is 61.0 Å². The van der Waals surface area contributed by atoms with Crippen LogP contribution in [0.5, 0.6) is 0 Å². The molecule has 204 valence electrons. The molecule has 37 heavy (non-hydrogen) atoms. The number of carbonyl (C=O) groups excluding carboxylic acids is 4. The molecule has 2 heterocycles. The van der Waals surface area contributed by atoms with E-state index >= 15 is 0 Å². The van der Waals surface area contributed by atoms with Crippen LogP contribution in [0, 0.1) is 28.6 Å². The highest BCUT2D eigenvalue weighted by atomic mass is 16.7. The van der Waals surface area contributed by atoms with Crippen LogP contribution in [0.2, 0.25) is 0 Å². The van der Waals surface area contributed by atoms with Gasteiger partial charge in [0.1, 0.15) is 24.4 Å². The molecule has 4 aliphatic carbocycles. The monoisotopic (exact) mass is 518 g/mol. The second-order valence-electron chi connectivity index (χ2n) is 12.0. The van der Waals surface area contributed by atoms with Gasteiger partial charge in [-0.05, 0) is 38.0 Å². The lowest BCUT2D eigenvalue weighted by molar-refractivity contribution is -0.448. The van der Waals surface area contributed by atoms with Crippen LogP contribution >= 0.6 is 0 Å². The summed E-state index contributed by atoms with van der Waals surface area (Å²) in [6.07, 6.45) is 4.27. The number of Topliss-reactive ketones (excluding diaryl/α,β-unsaturated/α-hetero) is 1.